The SMILES string of the molecule is COc1ccc(C2CC(OCC(C)C)OC(c3ccccc3)=C2S(=O)(=O)C(F)(F)C(F)(F)C(F)(F)C(F)(F)Cl)cc1. The van der Waals surface area contributed by atoms with Crippen molar-refractivity contribution in [1.82, 2.24) is 0 Å². The van der Waals surface area contributed by atoms with E-state index in [1.807, 2.05) is 0 Å². The van der Waals surface area contributed by atoms with Crippen LogP contribution in [0.25, 0.3) is 5.76 Å². The van der Waals surface area contributed by atoms with Crippen LogP contribution >= 0.6 is 11.6 Å². The molecule has 2 aromatic carbocycles. The zero-order valence-electron chi connectivity index (χ0n) is 21.7. The summed E-state index contributed by atoms with van der Waals surface area (Å²) in [4.78, 5) is -1.53. The van der Waals surface area contributed by atoms with Crippen molar-refractivity contribution in [2.75, 3.05) is 13.7 Å². The smallest absolute Gasteiger partial charge is 0.417 e. The Bertz CT molecular complexity index is 1340. The zero-order valence-corrected chi connectivity index (χ0v) is 23.3. The quantitative estimate of drug-likeness (QED) is 0.187. The van der Waals surface area contributed by atoms with Crippen LogP contribution in [0.3, 0.4) is 0 Å². The van der Waals surface area contributed by atoms with Crippen LogP contribution in [0.15, 0.2) is 59.5 Å². The largest absolute Gasteiger partial charge is 0.497 e. The predicted octanol–water partition coefficient (Wildman–Crippen LogP) is 7.68. The summed E-state index contributed by atoms with van der Waals surface area (Å²) in [5, 5.41) is -13.0. The van der Waals surface area contributed by atoms with Gasteiger partial charge in [-0.05, 0) is 35.2 Å². The van der Waals surface area contributed by atoms with Crippen molar-refractivity contribution < 1.29 is 57.8 Å². The van der Waals surface area contributed by atoms with E-state index in [9.17, 15) is 34.8 Å². The van der Waals surface area contributed by atoms with Gasteiger partial charge < -0.3 is 14.2 Å². The average Bonchev–Trinajstić information content (AvgIpc) is 2.90. The summed E-state index contributed by atoms with van der Waals surface area (Å²) in [6.07, 6.45) is -1.85. The molecule has 0 radical (unpaired) electrons. The Balaban J connectivity index is 2.35. The number of benzene rings is 2. The number of hydrogen-bond donors (Lipinski definition) is 0. The molecule has 0 bridgehead atoms. The van der Waals surface area contributed by atoms with Gasteiger partial charge in [0.25, 0.3) is 9.84 Å². The van der Waals surface area contributed by atoms with Gasteiger partial charge in [0.1, 0.15) is 16.4 Å². The lowest BCUT2D eigenvalue weighted by Gasteiger charge is -2.38. The lowest BCUT2D eigenvalue weighted by atomic mass is 9.91. The van der Waals surface area contributed by atoms with Gasteiger partial charge in [-0.2, -0.15) is 35.1 Å². The molecule has 0 saturated heterocycles. The molecule has 1 heterocycles. The lowest BCUT2D eigenvalue weighted by Crippen LogP contribution is -2.63. The molecule has 41 heavy (non-hydrogen) atoms. The number of halogens is 9. The van der Waals surface area contributed by atoms with E-state index in [0.29, 0.717) is 0 Å². The van der Waals surface area contributed by atoms with E-state index in [-0.39, 0.29) is 29.4 Å². The Morgan fingerprint density at radius 3 is 1.98 bits per heavy atom. The highest BCUT2D eigenvalue weighted by Crippen LogP contribution is 2.58. The number of hydrogen-bond acceptors (Lipinski definition) is 5. The van der Waals surface area contributed by atoms with Gasteiger partial charge in [-0.1, -0.05) is 56.3 Å². The molecule has 3 rings (SSSR count). The summed E-state index contributed by atoms with van der Waals surface area (Å²) in [5.41, 5.74) is -0.260. The third-order valence-electron chi connectivity index (χ3n) is 6.13. The van der Waals surface area contributed by atoms with Gasteiger partial charge in [0.15, 0.2) is 0 Å². The van der Waals surface area contributed by atoms with Gasteiger partial charge >= 0.3 is 22.5 Å². The van der Waals surface area contributed by atoms with Crippen molar-refractivity contribution in [3.63, 3.8) is 0 Å². The minimum atomic E-state index is -7.17. The summed E-state index contributed by atoms with van der Waals surface area (Å²) in [7, 11) is -5.61. The highest BCUT2D eigenvalue weighted by atomic mass is 35.5. The van der Waals surface area contributed by atoms with Crippen molar-refractivity contribution >= 4 is 27.2 Å². The molecule has 0 fully saturated rings. The Labute approximate surface area is 235 Å². The van der Waals surface area contributed by atoms with E-state index >= 15 is 8.78 Å². The molecular formula is C26H25ClF8O5S. The molecule has 0 aromatic heterocycles. The average molecular weight is 637 g/mol. The fourth-order valence-corrected chi connectivity index (χ4v) is 5.88. The Kier molecular flexibility index (Phi) is 9.31. The molecule has 0 aliphatic carbocycles. The summed E-state index contributed by atoms with van der Waals surface area (Å²) >= 11 is 4.05. The normalized spacial score (nSPS) is 19.3. The van der Waals surface area contributed by atoms with Crippen LogP contribution in [0, 0.1) is 5.92 Å². The highest BCUT2D eigenvalue weighted by Gasteiger charge is 2.84. The summed E-state index contributed by atoms with van der Waals surface area (Å²) in [6, 6.07) is 11.6. The predicted molar refractivity (Wildman–Crippen MR) is 134 cm³/mol. The van der Waals surface area contributed by atoms with Crippen LogP contribution in [0.1, 0.15) is 37.3 Å². The summed E-state index contributed by atoms with van der Waals surface area (Å²) < 4.78 is 157. The first-order valence-electron chi connectivity index (χ1n) is 12.0. The Hall–Kier alpha value is -2.58. The van der Waals surface area contributed by atoms with Gasteiger partial charge in [0, 0.05) is 17.9 Å². The second-order valence-corrected chi connectivity index (χ2v) is 12.0. The van der Waals surface area contributed by atoms with Gasteiger partial charge in [-0.25, -0.2) is 8.42 Å². The van der Waals surface area contributed by atoms with Crippen molar-refractivity contribution in [3.05, 3.63) is 70.6 Å². The fourth-order valence-electron chi connectivity index (χ4n) is 4.00. The molecule has 228 valence electrons. The van der Waals surface area contributed by atoms with E-state index in [4.69, 9.17) is 14.2 Å². The standard InChI is InChI=1S/C26H25ClF8O5S/c1-15(2)14-39-20-13-19(16-9-11-18(38-3)12-10-16)22(21(40-20)17-7-5-4-6-8-17)41(36,37)26(34,35)24(30,31)23(28,29)25(27,32)33/h4-12,15,19-20H,13-14H2,1-3H3. The minimum absolute atomic E-state index is 0.0483. The maximum absolute atomic E-state index is 15.3. The van der Waals surface area contributed by atoms with Crippen LogP contribution in [0.5, 0.6) is 5.75 Å². The fraction of sp³-hybridized carbons (Fsp3) is 0.462. The van der Waals surface area contributed by atoms with E-state index in [1.165, 1.54) is 61.7 Å². The second-order valence-electron chi connectivity index (χ2n) is 9.56. The highest BCUT2D eigenvalue weighted by molar-refractivity contribution is 7.96. The Morgan fingerprint density at radius 2 is 1.49 bits per heavy atom. The minimum Gasteiger partial charge on any atom is -0.497 e. The van der Waals surface area contributed by atoms with Crippen LogP contribution < -0.4 is 4.74 Å². The molecule has 0 N–H and O–H groups in total. The van der Waals surface area contributed by atoms with Gasteiger partial charge in [0.2, 0.25) is 6.29 Å². The van der Waals surface area contributed by atoms with E-state index in [2.05, 4.69) is 11.6 Å². The maximum atomic E-state index is 15.3. The Morgan fingerprint density at radius 1 is 0.927 bits per heavy atom. The van der Waals surface area contributed by atoms with Crippen molar-refractivity contribution in [3.8, 4) is 5.75 Å². The maximum Gasteiger partial charge on any atom is 0.417 e. The molecule has 0 amide bonds. The molecular weight excluding hydrogens is 612 g/mol. The number of rotatable bonds is 11. The summed E-state index contributed by atoms with van der Waals surface area (Å²) in [5.74, 6) is -16.6. The monoisotopic (exact) mass is 636 g/mol. The number of allylic oxidation sites excluding steroid dienone is 1. The first kappa shape index (κ1) is 32.9. The van der Waals surface area contributed by atoms with E-state index in [0.717, 1.165) is 0 Å². The molecule has 2 atom stereocenters. The molecule has 2 unspecified atom stereocenters. The zero-order chi connectivity index (χ0) is 31.0. The van der Waals surface area contributed by atoms with Crippen LogP contribution in [0.2, 0.25) is 0 Å². The van der Waals surface area contributed by atoms with Crippen LogP contribution in [-0.4, -0.2) is 50.9 Å². The van der Waals surface area contributed by atoms with E-state index < -0.39 is 61.6 Å². The third-order valence-corrected chi connectivity index (χ3v) is 8.35. The summed E-state index contributed by atoms with van der Waals surface area (Å²) in [6.45, 7) is 3.58. The molecule has 15 heteroatoms. The lowest BCUT2D eigenvalue weighted by molar-refractivity contribution is -0.326. The first-order chi connectivity index (χ1) is 18.8. The van der Waals surface area contributed by atoms with Gasteiger partial charge in [-0.15, -0.1) is 0 Å². The molecule has 1 aliphatic heterocycles. The number of alkyl halides is 9. The topological polar surface area (TPSA) is 61.8 Å². The van der Waals surface area contributed by atoms with Crippen LogP contribution in [0.4, 0.5) is 35.1 Å². The van der Waals surface area contributed by atoms with Crippen LogP contribution in [-0.2, 0) is 19.3 Å². The molecule has 0 spiro atoms. The number of ether oxygens (including phenoxy) is 3. The first-order valence-corrected chi connectivity index (χ1v) is 13.8. The third kappa shape index (κ3) is 6.00. The number of sulfone groups is 1. The van der Waals surface area contributed by atoms with Gasteiger partial charge in [-0.3, -0.25) is 0 Å². The molecule has 2 aromatic rings. The van der Waals surface area contributed by atoms with Crippen molar-refractivity contribution in [2.24, 2.45) is 5.92 Å². The van der Waals surface area contributed by atoms with Crippen molar-refractivity contribution in [2.45, 2.75) is 55.0 Å². The second kappa shape index (κ2) is 11.6. The molecule has 0 saturated carbocycles. The van der Waals surface area contributed by atoms with Crippen molar-refractivity contribution in [1.29, 1.82) is 0 Å². The van der Waals surface area contributed by atoms with Gasteiger partial charge in [0.05, 0.1) is 13.7 Å². The van der Waals surface area contributed by atoms with E-state index in [1.54, 1.807) is 13.8 Å². The molecule has 5 nitrogen and oxygen atoms in total. The number of methoxy groups -OCH3 is 1. The molecule has 1 aliphatic rings.